The predicted molar refractivity (Wildman–Crippen MR) is 173 cm³/mol. The van der Waals surface area contributed by atoms with Crippen LogP contribution in [0.4, 0.5) is 0 Å². The Morgan fingerprint density at radius 3 is 1.91 bits per heavy atom. The fourth-order valence-corrected chi connectivity index (χ4v) is 4.88. The minimum Gasteiger partial charge on any atom is -0.462 e. The Labute approximate surface area is 261 Å². The first kappa shape index (κ1) is 41.2. The van der Waals surface area contributed by atoms with Crippen LogP contribution in [0.2, 0.25) is 0 Å². The van der Waals surface area contributed by atoms with Crippen LogP contribution in [0.25, 0.3) is 0 Å². The number of allylic oxidation sites excluding steroid dienone is 6. The quantitative estimate of drug-likeness (QED) is 0.0348. The lowest BCUT2D eigenvalue weighted by molar-refractivity contribution is -0.161. The number of phosphoric acid groups is 1. The predicted octanol–water partition coefficient (Wildman–Crippen LogP) is 8.26. The van der Waals surface area contributed by atoms with E-state index in [1.165, 1.54) is 25.7 Å². The van der Waals surface area contributed by atoms with Crippen molar-refractivity contribution < 1.29 is 37.6 Å². The van der Waals surface area contributed by atoms with E-state index in [-0.39, 0.29) is 32.6 Å². The van der Waals surface area contributed by atoms with Crippen molar-refractivity contribution in [1.82, 2.24) is 0 Å². The van der Waals surface area contributed by atoms with Crippen LogP contribution in [0, 0.1) is 0 Å². The fourth-order valence-electron chi connectivity index (χ4n) is 4.12. The zero-order chi connectivity index (χ0) is 31.9. The number of hydrogen-bond acceptors (Lipinski definition) is 8. The van der Waals surface area contributed by atoms with Gasteiger partial charge in [0.2, 0.25) is 0 Å². The zero-order valence-electron chi connectivity index (χ0n) is 26.9. The van der Waals surface area contributed by atoms with E-state index in [0.29, 0.717) is 6.42 Å². The summed E-state index contributed by atoms with van der Waals surface area (Å²) >= 11 is 0. The number of nitrogens with two attached hydrogens (primary N) is 1. The summed E-state index contributed by atoms with van der Waals surface area (Å²) in [6.45, 7) is 3.51. The molecule has 250 valence electrons. The molecule has 2 atom stereocenters. The van der Waals surface area contributed by atoms with Crippen molar-refractivity contribution in [3.8, 4) is 0 Å². The molecule has 0 bridgehead atoms. The minimum atomic E-state index is -4.36. The average Bonchev–Trinajstić information content (AvgIpc) is 2.99. The third kappa shape index (κ3) is 30.1. The summed E-state index contributed by atoms with van der Waals surface area (Å²) in [5.74, 6) is -0.860. The molecular weight excluding hydrogens is 569 g/mol. The van der Waals surface area contributed by atoms with E-state index in [0.717, 1.165) is 70.6 Å². The van der Waals surface area contributed by atoms with E-state index in [1.54, 1.807) is 0 Å². The number of carbonyl (C=O) groups is 2. The van der Waals surface area contributed by atoms with E-state index in [9.17, 15) is 19.0 Å². The number of rotatable bonds is 30. The lowest BCUT2D eigenvalue weighted by Crippen LogP contribution is -2.29. The Kier molecular flexibility index (Phi) is 29.0. The van der Waals surface area contributed by atoms with Gasteiger partial charge in [0.15, 0.2) is 6.10 Å². The average molecular weight is 630 g/mol. The zero-order valence-corrected chi connectivity index (χ0v) is 27.8. The Morgan fingerprint density at radius 2 is 1.28 bits per heavy atom. The van der Waals surface area contributed by atoms with Crippen LogP contribution in [-0.2, 0) is 32.7 Å². The Balaban J connectivity index is 4.30. The maximum atomic E-state index is 12.4. The molecule has 9 nitrogen and oxygen atoms in total. The number of ether oxygens (including phenoxy) is 2. The molecule has 0 aromatic carbocycles. The smallest absolute Gasteiger partial charge is 0.462 e. The maximum Gasteiger partial charge on any atom is 0.472 e. The maximum absolute atomic E-state index is 12.4. The van der Waals surface area contributed by atoms with Crippen molar-refractivity contribution in [2.75, 3.05) is 26.4 Å². The first-order chi connectivity index (χ1) is 20.8. The molecule has 0 aliphatic rings. The van der Waals surface area contributed by atoms with Crippen LogP contribution in [-0.4, -0.2) is 49.3 Å². The molecule has 0 saturated carbocycles. The Morgan fingerprint density at radius 1 is 0.721 bits per heavy atom. The topological polar surface area (TPSA) is 134 Å². The molecule has 0 saturated heterocycles. The summed E-state index contributed by atoms with van der Waals surface area (Å²) in [5, 5.41) is 0. The van der Waals surface area contributed by atoms with E-state index >= 15 is 0 Å². The van der Waals surface area contributed by atoms with Gasteiger partial charge in [-0.3, -0.25) is 18.6 Å². The monoisotopic (exact) mass is 629 g/mol. The van der Waals surface area contributed by atoms with Gasteiger partial charge < -0.3 is 20.1 Å². The number of phosphoric ester groups is 1. The molecule has 0 spiro atoms. The Bertz CT molecular complexity index is 815. The number of unbranched alkanes of at least 4 members (excludes halogenated alkanes) is 11. The largest absolute Gasteiger partial charge is 0.472 e. The molecule has 0 amide bonds. The van der Waals surface area contributed by atoms with Gasteiger partial charge in [-0.2, -0.15) is 0 Å². The molecule has 1 unspecified atom stereocenters. The van der Waals surface area contributed by atoms with Gasteiger partial charge in [-0.15, -0.1) is 0 Å². The highest BCUT2D eigenvalue weighted by Gasteiger charge is 2.25. The molecule has 0 fully saturated rings. The third-order valence-electron chi connectivity index (χ3n) is 6.54. The van der Waals surface area contributed by atoms with Gasteiger partial charge in [-0.1, -0.05) is 108 Å². The van der Waals surface area contributed by atoms with E-state index in [2.05, 4.69) is 50.3 Å². The lowest BCUT2D eigenvalue weighted by Gasteiger charge is -2.19. The number of esters is 2. The van der Waals surface area contributed by atoms with Crippen LogP contribution >= 0.6 is 7.82 Å². The van der Waals surface area contributed by atoms with Crippen LogP contribution < -0.4 is 5.73 Å². The van der Waals surface area contributed by atoms with Crippen LogP contribution in [0.3, 0.4) is 0 Å². The molecule has 0 aliphatic heterocycles. The van der Waals surface area contributed by atoms with Gasteiger partial charge in [0.25, 0.3) is 0 Å². The molecule has 43 heavy (non-hydrogen) atoms. The van der Waals surface area contributed by atoms with Gasteiger partial charge in [0.1, 0.15) is 6.61 Å². The lowest BCUT2D eigenvalue weighted by atomic mass is 10.1. The van der Waals surface area contributed by atoms with Crippen LogP contribution in [0.15, 0.2) is 36.5 Å². The van der Waals surface area contributed by atoms with Crippen molar-refractivity contribution in [2.24, 2.45) is 5.73 Å². The highest BCUT2D eigenvalue weighted by molar-refractivity contribution is 7.47. The van der Waals surface area contributed by atoms with Crippen molar-refractivity contribution >= 4 is 19.8 Å². The highest BCUT2D eigenvalue weighted by atomic mass is 31.2. The second kappa shape index (κ2) is 30.3. The van der Waals surface area contributed by atoms with Gasteiger partial charge in [-0.25, -0.2) is 4.57 Å². The van der Waals surface area contributed by atoms with Gasteiger partial charge >= 0.3 is 19.8 Å². The molecule has 10 heteroatoms. The molecule has 0 aromatic rings. The third-order valence-corrected chi connectivity index (χ3v) is 7.52. The van der Waals surface area contributed by atoms with Crippen molar-refractivity contribution in [2.45, 2.75) is 136 Å². The molecule has 0 radical (unpaired) electrons. The second-order valence-electron chi connectivity index (χ2n) is 10.7. The summed E-state index contributed by atoms with van der Waals surface area (Å²) in [6.07, 6.45) is 29.1. The standard InChI is InChI=1S/C33H60NO8P/c1-3-5-7-9-11-12-13-14-15-16-17-18-20-22-24-26-33(36)42-31(30-41-43(37,38)40-28-27-34)29-39-32(35)25-23-21-19-10-8-6-4-2/h5,7,11-12,14-15,31H,3-4,6,8-10,13,16-30,34H2,1-2H3,(H,37,38)/b7-5+,12-11+,15-14+/t31-/m1/s1. The summed E-state index contributed by atoms with van der Waals surface area (Å²) in [5.41, 5.74) is 5.30. The van der Waals surface area contributed by atoms with E-state index in [1.807, 2.05) is 0 Å². The molecule has 0 aromatic heterocycles. The van der Waals surface area contributed by atoms with Crippen LogP contribution in [0.1, 0.15) is 129 Å². The molecular formula is C33H60NO8P. The minimum absolute atomic E-state index is 0.0499. The fraction of sp³-hybridized carbons (Fsp3) is 0.758. The van der Waals surface area contributed by atoms with Crippen molar-refractivity contribution in [3.63, 3.8) is 0 Å². The van der Waals surface area contributed by atoms with E-state index < -0.39 is 32.5 Å². The van der Waals surface area contributed by atoms with Gasteiger partial charge in [0.05, 0.1) is 13.2 Å². The van der Waals surface area contributed by atoms with Crippen molar-refractivity contribution in [3.05, 3.63) is 36.5 Å². The van der Waals surface area contributed by atoms with Gasteiger partial charge in [0, 0.05) is 19.4 Å². The molecule has 0 heterocycles. The summed E-state index contributed by atoms with van der Waals surface area (Å²) in [6, 6.07) is 0. The Hall–Kier alpha value is -1.77. The molecule has 0 rings (SSSR count). The SMILES string of the molecule is CC/C=C/C/C=C/C/C=C/CCCCCCCC(=O)O[C@H](COC(=O)CCCCCCCCC)COP(=O)(O)OCCN. The number of carbonyl (C=O) groups excluding carboxylic acids is 2. The van der Waals surface area contributed by atoms with Gasteiger partial charge in [-0.05, 0) is 44.9 Å². The first-order valence-corrected chi connectivity index (χ1v) is 18.0. The number of hydrogen-bond donors (Lipinski definition) is 2. The second-order valence-corrected chi connectivity index (χ2v) is 12.1. The highest BCUT2D eigenvalue weighted by Crippen LogP contribution is 2.43. The molecule has 0 aliphatic carbocycles. The van der Waals surface area contributed by atoms with Crippen LogP contribution in [0.5, 0.6) is 0 Å². The normalized spacial score (nSPS) is 14.0. The van der Waals surface area contributed by atoms with Crippen molar-refractivity contribution in [1.29, 1.82) is 0 Å². The van der Waals surface area contributed by atoms with E-state index in [4.69, 9.17) is 24.3 Å². The molecule has 3 N–H and O–H groups in total. The summed E-state index contributed by atoms with van der Waals surface area (Å²) < 4.78 is 32.4. The summed E-state index contributed by atoms with van der Waals surface area (Å²) in [4.78, 5) is 34.4. The first-order valence-electron chi connectivity index (χ1n) is 16.5. The summed E-state index contributed by atoms with van der Waals surface area (Å²) in [7, 11) is -4.36.